The minimum Gasteiger partial charge on any atom is -0.493 e. The number of carbonyl (C=O) groups is 1. The Balaban J connectivity index is 2.08. The van der Waals surface area contributed by atoms with E-state index in [9.17, 15) is 9.90 Å². The molecule has 2 heterocycles. The number of hydrogen-bond acceptors (Lipinski definition) is 4. The average Bonchev–Trinajstić information content (AvgIpc) is 2.48. The van der Waals surface area contributed by atoms with Crippen molar-refractivity contribution >= 4 is 5.91 Å². The lowest BCUT2D eigenvalue weighted by Crippen LogP contribution is -2.48. The van der Waals surface area contributed by atoms with E-state index in [-0.39, 0.29) is 11.9 Å². The highest BCUT2D eigenvalue weighted by molar-refractivity contribution is 5.78. The second kappa shape index (κ2) is 4.98. The number of carbonyl (C=O) groups excluding carboxylic acids is 1. The molecule has 2 aliphatic heterocycles. The van der Waals surface area contributed by atoms with Crippen molar-refractivity contribution in [2.24, 2.45) is 0 Å². The van der Waals surface area contributed by atoms with Crippen LogP contribution in [0.3, 0.4) is 0 Å². The molecule has 0 aliphatic carbocycles. The number of fused-ring (bicyclic) bond motifs is 3. The van der Waals surface area contributed by atoms with Crippen molar-refractivity contribution in [3.8, 4) is 11.5 Å². The number of ether oxygens (including phenoxy) is 2. The third-order valence-electron chi connectivity index (χ3n) is 4.26. The number of piperidine rings is 1. The van der Waals surface area contributed by atoms with Crippen LogP contribution in [0.1, 0.15) is 30.0 Å². The topological polar surface area (TPSA) is 59.0 Å². The molecule has 5 nitrogen and oxygen atoms in total. The molecule has 3 rings (SSSR count). The van der Waals surface area contributed by atoms with Gasteiger partial charge < -0.3 is 19.5 Å². The summed E-state index contributed by atoms with van der Waals surface area (Å²) in [6.45, 7) is 0.656. The maximum absolute atomic E-state index is 12.0. The molecule has 108 valence electrons. The van der Waals surface area contributed by atoms with Gasteiger partial charge in [0.05, 0.1) is 26.4 Å². The second-order valence-corrected chi connectivity index (χ2v) is 5.29. The monoisotopic (exact) mass is 277 g/mol. The van der Waals surface area contributed by atoms with Gasteiger partial charge in [0.1, 0.15) is 0 Å². The maximum Gasteiger partial charge on any atom is 0.223 e. The van der Waals surface area contributed by atoms with Crippen LogP contribution >= 0.6 is 0 Å². The number of methoxy groups -OCH3 is 2. The number of rotatable bonds is 2. The van der Waals surface area contributed by atoms with Crippen molar-refractivity contribution in [2.45, 2.75) is 31.4 Å². The summed E-state index contributed by atoms with van der Waals surface area (Å²) in [6, 6.07) is 3.60. The van der Waals surface area contributed by atoms with Crippen molar-refractivity contribution < 1.29 is 19.4 Å². The highest BCUT2D eigenvalue weighted by Crippen LogP contribution is 2.42. The summed E-state index contributed by atoms with van der Waals surface area (Å²) in [5.74, 6) is 1.45. The van der Waals surface area contributed by atoms with Crippen LogP contribution in [0.25, 0.3) is 0 Å². The van der Waals surface area contributed by atoms with Crippen molar-refractivity contribution in [1.29, 1.82) is 0 Å². The fourth-order valence-corrected chi connectivity index (χ4v) is 3.24. The molecule has 0 aromatic heterocycles. The van der Waals surface area contributed by atoms with Crippen LogP contribution in [-0.4, -0.2) is 42.8 Å². The SMILES string of the molecule is COc1cc2c(cc1OC)[C@@H]1[C@@H](O)CCC(=O)N1CC2. The summed E-state index contributed by atoms with van der Waals surface area (Å²) in [5, 5.41) is 10.3. The van der Waals surface area contributed by atoms with Crippen LogP contribution in [0.2, 0.25) is 0 Å². The molecule has 0 bridgehead atoms. The zero-order valence-corrected chi connectivity index (χ0v) is 11.8. The molecule has 1 saturated heterocycles. The van der Waals surface area contributed by atoms with Crippen molar-refractivity contribution in [1.82, 2.24) is 4.90 Å². The smallest absolute Gasteiger partial charge is 0.223 e. The third kappa shape index (κ3) is 1.93. The van der Waals surface area contributed by atoms with Crippen LogP contribution in [0.4, 0.5) is 0 Å². The highest BCUT2D eigenvalue weighted by atomic mass is 16.5. The quantitative estimate of drug-likeness (QED) is 0.885. The molecule has 1 N–H and O–H groups in total. The fraction of sp³-hybridized carbons (Fsp3) is 0.533. The molecule has 1 amide bonds. The van der Waals surface area contributed by atoms with Gasteiger partial charge in [-0.05, 0) is 36.1 Å². The van der Waals surface area contributed by atoms with E-state index >= 15 is 0 Å². The van der Waals surface area contributed by atoms with Gasteiger partial charge in [-0.25, -0.2) is 0 Å². The first-order valence-corrected chi connectivity index (χ1v) is 6.88. The molecule has 5 heteroatoms. The highest BCUT2D eigenvalue weighted by Gasteiger charge is 2.39. The Morgan fingerprint density at radius 1 is 1.20 bits per heavy atom. The van der Waals surface area contributed by atoms with E-state index in [0.29, 0.717) is 30.9 Å². The van der Waals surface area contributed by atoms with Gasteiger partial charge in [-0.3, -0.25) is 4.79 Å². The molecule has 2 aliphatic rings. The van der Waals surface area contributed by atoms with Crippen LogP contribution in [0, 0.1) is 0 Å². The standard InChI is InChI=1S/C15H19NO4/c1-19-12-7-9-5-6-16-14(18)4-3-11(17)15(16)10(9)8-13(12)20-2/h7-8,11,15,17H,3-6H2,1-2H3/t11-,15+/m0/s1. The predicted molar refractivity (Wildman–Crippen MR) is 72.9 cm³/mol. The minimum atomic E-state index is -0.509. The Morgan fingerprint density at radius 2 is 1.90 bits per heavy atom. The van der Waals surface area contributed by atoms with E-state index in [1.165, 1.54) is 0 Å². The van der Waals surface area contributed by atoms with Gasteiger partial charge in [0, 0.05) is 13.0 Å². The van der Waals surface area contributed by atoms with Gasteiger partial charge in [-0.2, -0.15) is 0 Å². The number of aliphatic hydroxyl groups excluding tert-OH is 1. The maximum atomic E-state index is 12.0. The molecular weight excluding hydrogens is 258 g/mol. The first kappa shape index (κ1) is 13.2. The third-order valence-corrected chi connectivity index (χ3v) is 4.26. The summed E-state index contributed by atoms with van der Waals surface area (Å²) in [4.78, 5) is 13.8. The Kier molecular flexibility index (Phi) is 3.30. The van der Waals surface area contributed by atoms with Crippen LogP contribution in [0.15, 0.2) is 12.1 Å². The number of hydrogen-bond donors (Lipinski definition) is 1. The molecule has 0 unspecified atom stereocenters. The van der Waals surface area contributed by atoms with Crippen LogP contribution in [-0.2, 0) is 11.2 Å². The fourth-order valence-electron chi connectivity index (χ4n) is 3.24. The zero-order valence-electron chi connectivity index (χ0n) is 11.8. The zero-order chi connectivity index (χ0) is 14.3. The van der Waals surface area contributed by atoms with E-state index in [4.69, 9.17) is 9.47 Å². The van der Waals surface area contributed by atoms with Gasteiger partial charge in [0.2, 0.25) is 5.91 Å². The van der Waals surface area contributed by atoms with Gasteiger partial charge >= 0.3 is 0 Å². The second-order valence-electron chi connectivity index (χ2n) is 5.29. The van der Waals surface area contributed by atoms with Crippen molar-refractivity contribution in [3.05, 3.63) is 23.3 Å². The Labute approximate surface area is 118 Å². The summed E-state index contributed by atoms with van der Waals surface area (Å²) < 4.78 is 10.7. The lowest BCUT2D eigenvalue weighted by molar-refractivity contribution is -0.143. The molecule has 2 atom stereocenters. The molecule has 1 aromatic carbocycles. The van der Waals surface area contributed by atoms with E-state index < -0.39 is 6.10 Å². The average molecular weight is 277 g/mol. The molecule has 0 radical (unpaired) electrons. The molecule has 0 spiro atoms. The minimum absolute atomic E-state index is 0.126. The van der Waals surface area contributed by atoms with Gasteiger partial charge in [-0.1, -0.05) is 0 Å². The van der Waals surface area contributed by atoms with Gasteiger partial charge in [0.25, 0.3) is 0 Å². The van der Waals surface area contributed by atoms with E-state index in [2.05, 4.69) is 0 Å². The summed E-state index contributed by atoms with van der Waals surface area (Å²) in [6.07, 6.45) is 1.23. The van der Waals surface area contributed by atoms with E-state index in [1.54, 1.807) is 19.1 Å². The molecular formula is C15H19NO4. The van der Waals surface area contributed by atoms with Gasteiger partial charge in [-0.15, -0.1) is 0 Å². The lowest BCUT2D eigenvalue weighted by atomic mass is 9.84. The lowest BCUT2D eigenvalue weighted by Gasteiger charge is -2.43. The number of aliphatic hydroxyl groups is 1. The molecule has 20 heavy (non-hydrogen) atoms. The predicted octanol–water partition coefficient (Wildman–Crippen LogP) is 1.28. The Morgan fingerprint density at radius 3 is 2.60 bits per heavy atom. The van der Waals surface area contributed by atoms with Crippen LogP contribution < -0.4 is 9.47 Å². The number of amides is 1. The van der Waals surface area contributed by atoms with Crippen LogP contribution in [0.5, 0.6) is 11.5 Å². The normalized spacial score (nSPS) is 24.9. The largest absolute Gasteiger partial charge is 0.493 e. The first-order valence-electron chi connectivity index (χ1n) is 6.88. The summed E-state index contributed by atoms with van der Waals surface area (Å²) in [7, 11) is 3.20. The Hall–Kier alpha value is -1.75. The van der Waals surface area contributed by atoms with E-state index in [0.717, 1.165) is 17.5 Å². The Bertz CT molecular complexity index is 543. The summed E-state index contributed by atoms with van der Waals surface area (Å²) >= 11 is 0. The van der Waals surface area contributed by atoms with Gasteiger partial charge in [0.15, 0.2) is 11.5 Å². The molecule has 1 aromatic rings. The first-order chi connectivity index (χ1) is 9.65. The van der Waals surface area contributed by atoms with E-state index in [1.807, 2.05) is 12.1 Å². The number of nitrogens with zero attached hydrogens (tertiary/aromatic N) is 1. The van der Waals surface area contributed by atoms with Crippen molar-refractivity contribution in [2.75, 3.05) is 20.8 Å². The van der Waals surface area contributed by atoms with Crippen molar-refractivity contribution in [3.63, 3.8) is 0 Å². The summed E-state index contributed by atoms with van der Waals surface area (Å²) in [5.41, 5.74) is 2.10. The number of benzene rings is 1. The molecule has 0 saturated carbocycles. The molecule has 1 fully saturated rings.